The third-order valence-electron chi connectivity index (χ3n) is 1.71. The van der Waals surface area contributed by atoms with Crippen LogP contribution in [0.25, 0.3) is 0 Å². The van der Waals surface area contributed by atoms with Gasteiger partial charge in [0.25, 0.3) is 0 Å². The van der Waals surface area contributed by atoms with Gasteiger partial charge in [-0.2, -0.15) is 8.78 Å². The molecular formula is C10H5F5O2. The van der Waals surface area contributed by atoms with E-state index in [0.29, 0.717) is 0 Å². The molecule has 1 rings (SSSR count). The molecule has 0 spiro atoms. The molecule has 0 radical (unpaired) electrons. The molecule has 17 heavy (non-hydrogen) atoms. The molecule has 0 aromatic heterocycles. The highest BCUT2D eigenvalue weighted by Crippen LogP contribution is 2.29. The summed E-state index contributed by atoms with van der Waals surface area (Å²) in [7, 11) is 0. The molecule has 0 N–H and O–H groups in total. The summed E-state index contributed by atoms with van der Waals surface area (Å²) in [5.41, 5.74) is -0.256. The van der Waals surface area contributed by atoms with Gasteiger partial charge in [-0.25, -0.2) is 18.0 Å². The van der Waals surface area contributed by atoms with Crippen molar-refractivity contribution in [1.29, 1.82) is 0 Å². The lowest BCUT2D eigenvalue weighted by atomic mass is 10.2. The zero-order chi connectivity index (χ0) is 13.3. The fourth-order valence-corrected chi connectivity index (χ4v) is 0.854. The second-order valence-corrected chi connectivity index (χ2v) is 3.07. The molecule has 1 aromatic carbocycles. The molecule has 7 heteroatoms. The average Bonchev–Trinajstić information content (AvgIpc) is 2.29. The molecule has 0 atom stereocenters. The van der Waals surface area contributed by atoms with Crippen molar-refractivity contribution >= 4 is 5.97 Å². The number of esters is 1. The Hall–Kier alpha value is -1.92. The topological polar surface area (TPSA) is 26.3 Å². The Morgan fingerprint density at radius 3 is 1.65 bits per heavy atom. The standard InChI is InChI=1S/C10H5F5O2/c1-3(2)10(16)17-9-7(14)5(12)4(11)6(13)8(9)15/h1H2,2H3. The maximum Gasteiger partial charge on any atom is 0.338 e. The van der Waals surface area contributed by atoms with E-state index >= 15 is 0 Å². The Morgan fingerprint density at radius 2 is 1.29 bits per heavy atom. The first-order valence-electron chi connectivity index (χ1n) is 4.16. The minimum atomic E-state index is -2.32. The molecule has 0 aliphatic carbocycles. The van der Waals surface area contributed by atoms with Crippen molar-refractivity contribution in [3.05, 3.63) is 41.2 Å². The van der Waals surface area contributed by atoms with E-state index in [1.165, 1.54) is 0 Å². The van der Waals surface area contributed by atoms with Crippen molar-refractivity contribution < 1.29 is 31.5 Å². The van der Waals surface area contributed by atoms with Crippen molar-refractivity contribution in [3.8, 4) is 5.75 Å². The summed E-state index contributed by atoms with van der Waals surface area (Å²) >= 11 is 0. The van der Waals surface area contributed by atoms with Gasteiger partial charge in [0.2, 0.25) is 34.8 Å². The van der Waals surface area contributed by atoms with Crippen molar-refractivity contribution in [3.63, 3.8) is 0 Å². The van der Waals surface area contributed by atoms with Crippen LogP contribution in [-0.2, 0) is 4.79 Å². The van der Waals surface area contributed by atoms with E-state index < -0.39 is 40.8 Å². The Balaban J connectivity index is 3.35. The maximum absolute atomic E-state index is 13.0. The fourth-order valence-electron chi connectivity index (χ4n) is 0.854. The summed E-state index contributed by atoms with van der Waals surface area (Å²) in [5, 5.41) is 0. The van der Waals surface area contributed by atoms with Crippen LogP contribution >= 0.6 is 0 Å². The van der Waals surface area contributed by atoms with Gasteiger partial charge in [-0.3, -0.25) is 0 Å². The normalized spacial score (nSPS) is 10.2. The zero-order valence-electron chi connectivity index (χ0n) is 8.41. The van der Waals surface area contributed by atoms with Crippen LogP contribution in [-0.4, -0.2) is 5.97 Å². The number of carbonyl (C=O) groups excluding carboxylic acids is 1. The first kappa shape index (κ1) is 13.1. The van der Waals surface area contributed by atoms with Crippen LogP contribution in [0.4, 0.5) is 22.0 Å². The highest BCUT2D eigenvalue weighted by molar-refractivity contribution is 5.88. The molecule has 0 amide bonds. The number of hydrogen-bond donors (Lipinski definition) is 0. The lowest BCUT2D eigenvalue weighted by molar-refractivity contribution is -0.130. The zero-order valence-corrected chi connectivity index (χ0v) is 8.41. The van der Waals surface area contributed by atoms with Gasteiger partial charge in [-0.1, -0.05) is 6.58 Å². The first-order valence-corrected chi connectivity index (χ1v) is 4.16. The molecular weight excluding hydrogens is 247 g/mol. The van der Waals surface area contributed by atoms with Crippen LogP contribution in [0.15, 0.2) is 12.2 Å². The number of halogens is 5. The SMILES string of the molecule is C=C(C)C(=O)Oc1c(F)c(F)c(F)c(F)c1F. The second kappa shape index (κ2) is 4.52. The molecule has 0 fully saturated rings. The van der Waals surface area contributed by atoms with Crippen molar-refractivity contribution in [2.75, 3.05) is 0 Å². The highest BCUT2D eigenvalue weighted by Gasteiger charge is 2.28. The van der Waals surface area contributed by atoms with Crippen LogP contribution in [0.2, 0.25) is 0 Å². The molecule has 0 saturated carbocycles. The van der Waals surface area contributed by atoms with Gasteiger partial charge in [0.05, 0.1) is 0 Å². The number of hydrogen-bond acceptors (Lipinski definition) is 2. The minimum Gasteiger partial charge on any atom is -0.417 e. The third kappa shape index (κ3) is 2.27. The lowest BCUT2D eigenvalue weighted by Gasteiger charge is -2.08. The van der Waals surface area contributed by atoms with Crippen LogP contribution in [0, 0.1) is 29.1 Å². The largest absolute Gasteiger partial charge is 0.417 e. The van der Waals surface area contributed by atoms with Crippen molar-refractivity contribution in [1.82, 2.24) is 0 Å². The monoisotopic (exact) mass is 252 g/mol. The molecule has 1 aromatic rings. The average molecular weight is 252 g/mol. The van der Waals surface area contributed by atoms with Crippen molar-refractivity contribution in [2.45, 2.75) is 6.92 Å². The van der Waals surface area contributed by atoms with Gasteiger partial charge in [0.1, 0.15) is 0 Å². The number of benzene rings is 1. The molecule has 0 saturated heterocycles. The van der Waals surface area contributed by atoms with Crippen molar-refractivity contribution in [2.24, 2.45) is 0 Å². The first-order chi connectivity index (χ1) is 7.77. The number of rotatable bonds is 2. The van der Waals surface area contributed by atoms with E-state index in [1.54, 1.807) is 0 Å². The van der Waals surface area contributed by atoms with Gasteiger partial charge < -0.3 is 4.74 Å². The van der Waals surface area contributed by atoms with Crippen LogP contribution < -0.4 is 4.74 Å². The summed E-state index contributed by atoms with van der Waals surface area (Å²) < 4.78 is 68.0. The Morgan fingerprint density at radius 1 is 0.941 bits per heavy atom. The third-order valence-corrected chi connectivity index (χ3v) is 1.71. The molecule has 0 bridgehead atoms. The highest BCUT2D eigenvalue weighted by atomic mass is 19.2. The van der Waals surface area contributed by atoms with Gasteiger partial charge in [-0.15, -0.1) is 0 Å². The molecule has 0 aliphatic heterocycles. The van der Waals surface area contributed by atoms with E-state index in [-0.39, 0.29) is 5.57 Å². The lowest BCUT2D eigenvalue weighted by Crippen LogP contribution is -2.13. The smallest absolute Gasteiger partial charge is 0.338 e. The summed E-state index contributed by atoms with van der Waals surface area (Å²) in [6.07, 6.45) is 0. The molecule has 92 valence electrons. The number of ether oxygens (including phenoxy) is 1. The maximum atomic E-state index is 13.0. The summed E-state index contributed by atoms with van der Waals surface area (Å²) in [6, 6.07) is 0. The molecule has 0 unspecified atom stereocenters. The summed E-state index contributed by atoms with van der Waals surface area (Å²) in [6.45, 7) is 4.24. The van der Waals surface area contributed by atoms with Crippen LogP contribution in [0.1, 0.15) is 6.92 Å². The van der Waals surface area contributed by atoms with Gasteiger partial charge in [0.15, 0.2) is 0 Å². The van der Waals surface area contributed by atoms with Gasteiger partial charge in [-0.05, 0) is 6.92 Å². The Labute approximate surface area is 92.3 Å². The van der Waals surface area contributed by atoms with E-state index in [2.05, 4.69) is 11.3 Å². The Kier molecular flexibility index (Phi) is 3.50. The predicted molar refractivity (Wildman–Crippen MR) is 46.7 cm³/mol. The van der Waals surface area contributed by atoms with Crippen LogP contribution in [0.3, 0.4) is 0 Å². The number of carbonyl (C=O) groups is 1. The predicted octanol–water partition coefficient (Wildman–Crippen LogP) is 2.86. The van der Waals surface area contributed by atoms with Gasteiger partial charge >= 0.3 is 5.97 Å². The second-order valence-electron chi connectivity index (χ2n) is 3.07. The van der Waals surface area contributed by atoms with E-state index in [9.17, 15) is 26.7 Å². The quantitative estimate of drug-likeness (QED) is 0.202. The molecule has 0 heterocycles. The van der Waals surface area contributed by atoms with E-state index in [4.69, 9.17) is 0 Å². The van der Waals surface area contributed by atoms with Crippen LogP contribution in [0.5, 0.6) is 5.75 Å². The summed E-state index contributed by atoms with van der Waals surface area (Å²) in [4.78, 5) is 10.9. The fraction of sp³-hybridized carbons (Fsp3) is 0.100. The molecule has 2 nitrogen and oxygen atoms in total. The summed E-state index contributed by atoms with van der Waals surface area (Å²) in [5.74, 6) is -14.1. The molecule has 0 aliphatic rings. The van der Waals surface area contributed by atoms with E-state index in [1.807, 2.05) is 0 Å². The van der Waals surface area contributed by atoms with Gasteiger partial charge in [0, 0.05) is 5.57 Å². The Bertz CT molecular complexity index is 481. The minimum absolute atomic E-state index is 0.256. The van der Waals surface area contributed by atoms with E-state index in [0.717, 1.165) is 6.92 Å².